The van der Waals surface area contributed by atoms with E-state index in [1.54, 1.807) is 6.20 Å². The molecule has 2 aromatic heterocycles. The standard InChI is InChI=1S/C15H22N4S2/c1-20-10-5-3-2-4-9-18-15-13(14(16)19-21-15)12-7-6-8-17-11-12/h6-8,11,18H,2-5,9-10H2,1H3,(H2,16,19). The third-order valence-electron chi connectivity index (χ3n) is 3.23. The van der Waals surface area contributed by atoms with Crippen molar-refractivity contribution in [1.82, 2.24) is 9.36 Å². The smallest absolute Gasteiger partial charge is 0.147 e. The summed E-state index contributed by atoms with van der Waals surface area (Å²) in [6.45, 7) is 0.966. The Hall–Kier alpha value is -1.27. The summed E-state index contributed by atoms with van der Waals surface area (Å²) in [6, 6.07) is 3.93. The second kappa shape index (κ2) is 8.89. The van der Waals surface area contributed by atoms with Gasteiger partial charge in [-0.25, -0.2) is 0 Å². The molecule has 2 heterocycles. The fourth-order valence-electron chi connectivity index (χ4n) is 2.14. The average molecular weight is 323 g/mol. The van der Waals surface area contributed by atoms with E-state index in [1.165, 1.54) is 43.0 Å². The molecule has 0 atom stereocenters. The molecule has 0 aliphatic carbocycles. The van der Waals surface area contributed by atoms with E-state index in [2.05, 4.69) is 20.9 Å². The highest BCUT2D eigenvalue weighted by Crippen LogP contribution is 2.36. The molecule has 114 valence electrons. The minimum Gasteiger partial charge on any atom is -0.382 e. The number of thioether (sulfide) groups is 1. The van der Waals surface area contributed by atoms with Gasteiger partial charge in [0.15, 0.2) is 0 Å². The van der Waals surface area contributed by atoms with Crippen LogP contribution in [0.25, 0.3) is 11.1 Å². The molecule has 0 saturated heterocycles. The van der Waals surface area contributed by atoms with Crippen LogP contribution in [0.15, 0.2) is 24.5 Å². The first-order chi connectivity index (χ1) is 10.3. The van der Waals surface area contributed by atoms with E-state index in [0.29, 0.717) is 5.82 Å². The lowest BCUT2D eigenvalue weighted by molar-refractivity contribution is 0.689. The normalized spacial score (nSPS) is 10.7. The minimum atomic E-state index is 0.579. The lowest BCUT2D eigenvalue weighted by Crippen LogP contribution is -2.01. The molecule has 0 radical (unpaired) electrons. The summed E-state index contributed by atoms with van der Waals surface area (Å²) in [5, 5.41) is 4.51. The molecule has 2 rings (SSSR count). The zero-order valence-electron chi connectivity index (χ0n) is 12.3. The Balaban J connectivity index is 1.84. The zero-order chi connectivity index (χ0) is 14.9. The number of hydrogen-bond donors (Lipinski definition) is 2. The summed E-state index contributed by atoms with van der Waals surface area (Å²) < 4.78 is 4.26. The maximum Gasteiger partial charge on any atom is 0.147 e. The van der Waals surface area contributed by atoms with Crippen LogP contribution < -0.4 is 11.1 Å². The Kier molecular flexibility index (Phi) is 6.82. The quantitative estimate of drug-likeness (QED) is 0.680. The number of nitrogens with two attached hydrogens (primary N) is 1. The third-order valence-corrected chi connectivity index (χ3v) is 4.75. The molecule has 0 aromatic carbocycles. The van der Waals surface area contributed by atoms with Crippen molar-refractivity contribution in [2.45, 2.75) is 25.7 Å². The molecule has 0 aliphatic rings. The molecule has 0 bridgehead atoms. The Morgan fingerprint density at radius 3 is 2.90 bits per heavy atom. The summed E-state index contributed by atoms with van der Waals surface area (Å²) >= 11 is 3.35. The Morgan fingerprint density at radius 1 is 1.29 bits per heavy atom. The van der Waals surface area contributed by atoms with Crippen LogP contribution in [0.3, 0.4) is 0 Å². The van der Waals surface area contributed by atoms with Crippen molar-refractivity contribution in [1.29, 1.82) is 0 Å². The van der Waals surface area contributed by atoms with Gasteiger partial charge in [0.05, 0.1) is 5.56 Å². The number of nitrogen functional groups attached to an aromatic ring is 1. The molecule has 21 heavy (non-hydrogen) atoms. The SMILES string of the molecule is CSCCCCCCNc1snc(N)c1-c1cccnc1. The van der Waals surface area contributed by atoms with Crippen LogP contribution in [0.5, 0.6) is 0 Å². The van der Waals surface area contributed by atoms with E-state index in [4.69, 9.17) is 5.73 Å². The van der Waals surface area contributed by atoms with Gasteiger partial charge >= 0.3 is 0 Å². The van der Waals surface area contributed by atoms with Crippen molar-refractivity contribution in [3.05, 3.63) is 24.5 Å². The fraction of sp³-hybridized carbons (Fsp3) is 0.467. The Bertz CT molecular complexity index is 528. The lowest BCUT2D eigenvalue weighted by Gasteiger charge is -2.07. The van der Waals surface area contributed by atoms with Crippen LogP contribution in [0.2, 0.25) is 0 Å². The van der Waals surface area contributed by atoms with Crippen LogP contribution in [0.1, 0.15) is 25.7 Å². The lowest BCUT2D eigenvalue weighted by atomic mass is 10.1. The summed E-state index contributed by atoms with van der Waals surface area (Å²) in [7, 11) is 0. The first kappa shape index (κ1) is 16.1. The molecule has 2 aromatic rings. The minimum absolute atomic E-state index is 0.579. The van der Waals surface area contributed by atoms with Crippen LogP contribution in [0.4, 0.5) is 10.8 Å². The number of unbranched alkanes of at least 4 members (excludes halogenated alkanes) is 3. The van der Waals surface area contributed by atoms with E-state index in [9.17, 15) is 0 Å². The number of pyridine rings is 1. The highest BCUT2D eigenvalue weighted by Gasteiger charge is 2.13. The monoisotopic (exact) mass is 322 g/mol. The number of hydrogen-bond acceptors (Lipinski definition) is 6. The molecular weight excluding hydrogens is 300 g/mol. The highest BCUT2D eigenvalue weighted by atomic mass is 32.2. The topological polar surface area (TPSA) is 63.8 Å². The van der Waals surface area contributed by atoms with Crippen molar-refractivity contribution in [3.8, 4) is 11.1 Å². The number of aromatic nitrogens is 2. The second-order valence-electron chi connectivity index (χ2n) is 4.85. The maximum atomic E-state index is 5.99. The molecule has 0 saturated carbocycles. The maximum absolute atomic E-state index is 5.99. The van der Waals surface area contributed by atoms with Crippen molar-refractivity contribution in [2.24, 2.45) is 0 Å². The van der Waals surface area contributed by atoms with Gasteiger partial charge in [-0.05, 0) is 42.4 Å². The molecule has 0 amide bonds. The summed E-state index contributed by atoms with van der Waals surface area (Å²) in [6.07, 6.45) is 10.8. The third kappa shape index (κ3) is 4.89. The van der Waals surface area contributed by atoms with Gasteiger partial charge in [0.25, 0.3) is 0 Å². The number of rotatable bonds is 9. The zero-order valence-corrected chi connectivity index (χ0v) is 14.0. The Labute approximate surface area is 134 Å². The molecule has 4 nitrogen and oxygen atoms in total. The van der Waals surface area contributed by atoms with E-state index < -0.39 is 0 Å². The molecule has 0 spiro atoms. The van der Waals surface area contributed by atoms with E-state index in [0.717, 1.165) is 22.7 Å². The van der Waals surface area contributed by atoms with Crippen molar-refractivity contribution < 1.29 is 0 Å². The van der Waals surface area contributed by atoms with Gasteiger partial charge in [0.1, 0.15) is 10.8 Å². The summed E-state index contributed by atoms with van der Waals surface area (Å²) in [5.74, 6) is 1.85. The molecular formula is C15H22N4S2. The molecule has 0 aliphatic heterocycles. The van der Waals surface area contributed by atoms with Gasteiger partial charge in [0.2, 0.25) is 0 Å². The number of nitrogens with one attached hydrogen (secondary N) is 1. The molecule has 0 unspecified atom stereocenters. The Morgan fingerprint density at radius 2 is 2.14 bits per heavy atom. The van der Waals surface area contributed by atoms with Crippen molar-refractivity contribution in [3.63, 3.8) is 0 Å². The van der Waals surface area contributed by atoms with Gasteiger partial charge in [-0.1, -0.05) is 18.9 Å². The van der Waals surface area contributed by atoms with Gasteiger partial charge in [0, 0.05) is 24.5 Å². The second-order valence-corrected chi connectivity index (χ2v) is 6.61. The predicted octanol–water partition coefficient (Wildman–Crippen LogP) is 4.12. The van der Waals surface area contributed by atoms with Crippen LogP contribution >= 0.6 is 23.3 Å². The van der Waals surface area contributed by atoms with Gasteiger partial charge in [-0.15, -0.1) is 0 Å². The largest absolute Gasteiger partial charge is 0.382 e. The van der Waals surface area contributed by atoms with Crippen LogP contribution in [-0.4, -0.2) is 27.9 Å². The van der Waals surface area contributed by atoms with Crippen LogP contribution in [0, 0.1) is 0 Å². The van der Waals surface area contributed by atoms with Gasteiger partial charge in [-0.3, -0.25) is 4.98 Å². The number of nitrogens with zero attached hydrogens (tertiary/aromatic N) is 2. The molecule has 3 N–H and O–H groups in total. The fourth-order valence-corrected chi connectivity index (χ4v) is 3.39. The van der Waals surface area contributed by atoms with E-state index in [1.807, 2.05) is 30.1 Å². The van der Waals surface area contributed by atoms with Crippen molar-refractivity contribution >= 4 is 34.1 Å². The molecule has 6 heteroatoms. The first-order valence-electron chi connectivity index (χ1n) is 7.21. The van der Waals surface area contributed by atoms with E-state index >= 15 is 0 Å². The summed E-state index contributed by atoms with van der Waals surface area (Å²) in [5.41, 5.74) is 7.99. The molecule has 0 fully saturated rings. The van der Waals surface area contributed by atoms with Crippen molar-refractivity contribution in [2.75, 3.05) is 29.6 Å². The van der Waals surface area contributed by atoms with E-state index in [-0.39, 0.29) is 0 Å². The predicted molar refractivity (Wildman–Crippen MR) is 95.1 cm³/mol. The van der Waals surface area contributed by atoms with Gasteiger partial charge < -0.3 is 11.1 Å². The number of anilines is 2. The summed E-state index contributed by atoms with van der Waals surface area (Å²) in [4.78, 5) is 4.15. The van der Waals surface area contributed by atoms with Crippen LogP contribution in [-0.2, 0) is 0 Å². The highest BCUT2D eigenvalue weighted by molar-refractivity contribution is 7.98. The average Bonchev–Trinajstić information content (AvgIpc) is 2.88. The first-order valence-corrected chi connectivity index (χ1v) is 9.38. The van der Waals surface area contributed by atoms with Gasteiger partial charge in [-0.2, -0.15) is 16.1 Å².